The van der Waals surface area contributed by atoms with E-state index in [1.807, 2.05) is 24.3 Å². The first-order chi connectivity index (χ1) is 9.71. The number of hydrogen-bond donors (Lipinski definition) is 0. The van der Waals surface area contributed by atoms with Crippen molar-refractivity contribution in [2.24, 2.45) is 0 Å². The number of carbonyl (C=O) groups excluding carboxylic acids is 1. The van der Waals surface area contributed by atoms with Crippen LogP contribution >= 0.6 is 11.6 Å². The van der Waals surface area contributed by atoms with Crippen molar-refractivity contribution < 1.29 is 9.53 Å². The molecule has 1 aliphatic carbocycles. The number of halogens is 1. The molecule has 2 aliphatic rings. The van der Waals surface area contributed by atoms with Crippen molar-refractivity contribution in [3.8, 4) is 0 Å². The summed E-state index contributed by atoms with van der Waals surface area (Å²) in [6.45, 7) is 0. The number of benzene rings is 1. The van der Waals surface area contributed by atoms with Gasteiger partial charge in [0.05, 0.1) is 0 Å². The van der Waals surface area contributed by atoms with E-state index in [-0.39, 0.29) is 11.9 Å². The average molecular weight is 286 g/mol. The van der Waals surface area contributed by atoms with Crippen LogP contribution in [0.5, 0.6) is 0 Å². The molecule has 0 amide bonds. The quantitative estimate of drug-likeness (QED) is 0.755. The maximum Gasteiger partial charge on any atom is 0.198 e. The molecule has 0 radical (unpaired) electrons. The van der Waals surface area contributed by atoms with Crippen LogP contribution in [-0.4, -0.2) is 16.4 Å². The number of hydrogen-bond acceptors (Lipinski definition) is 3. The minimum absolute atomic E-state index is 0.0808. The molecule has 2 aromatic rings. The zero-order valence-corrected chi connectivity index (χ0v) is 11.4. The molecule has 1 fully saturated rings. The number of ketones is 1. The van der Waals surface area contributed by atoms with Crippen LogP contribution in [0.15, 0.2) is 42.7 Å². The molecule has 1 aromatic carbocycles. The number of nitrogens with zero attached hydrogens (tertiary/aromatic N) is 1. The molecule has 1 spiro atoms. The Morgan fingerprint density at radius 3 is 2.85 bits per heavy atom. The predicted octanol–water partition coefficient (Wildman–Crippen LogP) is 3.37. The third-order valence-electron chi connectivity index (χ3n) is 4.17. The number of aromatic nitrogens is 1. The smallest absolute Gasteiger partial charge is 0.198 e. The molecule has 1 aliphatic heterocycles. The molecule has 0 saturated carbocycles. The molecule has 2 unspecified atom stereocenters. The van der Waals surface area contributed by atoms with E-state index in [4.69, 9.17) is 16.3 Å². The zero-order valence-electron chi connectivity index (χ0n) is 10.7. The van der Waals surface area contributed by atoms with Gasteiger partial charge in [0.15, 0.2) is 11.4 Å². The van der Waals surface area contributed by atoms with Gasteiger partial charge < -0.3 is 4.74 Å². The minimum atomic E-state index is -0.665. The highest BCUT2D eigenvalue weighted by molar-refractivity contribution is 6.30. The Morgan fingerprint density at radius 1 is 1.25 bits per heavy atom. The molecule has 1 saturated heterocycles. The standard InChI is InChI=1S/C16H12ClNO2/c17-12-1-2-13-11(9-12)3-6-16(14(13)19)15(20-16)10-4-7-18-8-5-10/h1-2,4-5,7-9,15H,3,6H2. The molecule has 0 bridgehead atoms. The average Bonchev–Trinajstić information content (AvgIpc) is 3.20. The van der Waals surface area contributed by atoms with Gasteiger partial charge in [-0.25, -0.2) is 0 Å². The van der Waals surface area contributed by atoms with E-state index in [0.29, 0.717) is 11.4 Å². The van der Waals surface area contributed by atoms with Crippen molar-refractivity contribution in [1.29, 1.82) is 0 Å². The lowest BCUT2D eigenvalue weighted by atomic mass is 9.79. The fourth-order valence-electron chi connectivity index (χ4n) is 3.07. The SMILES string of the molecule is O=C1c2ccc(Cl)cc2CCC12OC2c1ccncc1. The topological polar surface area (TPSA) is 42.5 Å². The van der Waals surface area contributed by atoms with Crippen molar-refractivity contribution in [3.05, 3.63) is 64.4 Å². The number of epoxide rings is 1. The normalized spacial score (nSPS) is 27.4. The Bertz CT molecular complexity index is 701. The van der Waals surface area contributed by atoms with Crippen molar-refractivity contribution in [2.75, 3.05) is 0 Å². The largest absolute Gasteiger partial charge is 0.352 e. The van der Waals surface area contributed by atoms with Crippen LogP contribution in [0.4, 0.5) is 0 Å². The molecule has 4 rings (SSSR count). The monoisotopic (exact) mass is 285 g/mol. The van der Waals surface area contributed by atoms with E-state index >= 15 is 0 Å². The van der Waals surface area contributed by atoms with E-state index < -0.39 is 5.60 Å². The first-order valence-corrected chi connectivity index (χ1v) is 6.99. The minimum Gasteiger partial charge on any atom is -0.352 e. The van der Waals surface area contributed by atoms with Gasteiger partial charge in [-0.1, -0.05) is 11.6 Å². The maximum absolute atomic E-state index is 12.7. The molecule has 1 aromatic heterocycles. The predicted molar refractivity (Wildman–Crippen MR) is 74.9 cm³/mol. The molecular formula is C16H12ClNO2. The second-order valence-corrected chi connectivity index (χ2v) is 5.73. The highest BCUT2D eigenvalue weighted by atomic mass is 35.5. The van der Waals surface area contributed by atoms with Gasteiger partial charge in [-0.15, -0.1) is 0 Å². The van der Waals surface area contributed by atoms with Gasteiger partial charge in [0, 0.05) is 23.0 Å². The summed E-state index contributed by atoms with van der Waals surface area (Å²) >= 11 is 5.99. The summed E-state index contributed by atoms with van der Waals surface area (Å²) < 4.78 is 5.82. The Kier molecular flexibility index (Phi) is 2.50. The summed E-state index contributed by atoms with van der Waals surface area (Å²) in [4.78, 5) is 16.7. The van der Waals surface area contributed by atoms with Crippen LogP contribution in [0, 0.1) is 0 Å². The summed E-state index contributed by atoms with van der Waals surface area (Å²) in [6, 6.07) is 9.27. The Labute approximate surface area is 121 Å². The van der Waals surface area contributed by atoms with Crippen LogP contribution in [0.2, 0.25) is 5.02 Å². The Balaban J connectivity index is 1.70. The van der Waals surface area contributed by atoms with E-state index in [0.717, 1.165) is 23.1 Å². The number of Topliss-reactive ketones (excluding diaryl/α,β-unsaturated/α-hetero) is 1. The van der Waals surface area contributed by atoms with Gasteiger partial charge in [0.1, 0.15) is 6.10 Å². The van der Waals surface area contributed by atoms with Crippen molar-refractivity contribution >= 4 is 17.4 Å². The van der Waals surface area contributed by atoms with E-state index in [1.165, 1.54) is 0 Å². The van der Waals surface area contributed by atoms with Crippen LogP contribution in [0.3, 0.4) is 0 Å². The molecule has 100 valence electrons. The molecular weight excluding hydrogens is 274 g/mol. The van der Waals surface area contributed by atoms with Crippen molar-refractivity contribution in [3.63, 3.8) is 0 Å². The summed E-state index contributed by atoms with van der Waals surface area (Å²) in [7, 11) is 0. The molecule has 2 atom stereocenters. The number of aryl methyl sites for hydroxylation is 1. The summed E-state index contributed by atoms with van der Waals surface area (Å²) in [6.07, 6.45) is 4.86. The second kappa shape index (κ2) is 4.14. The van der Waals surface area contributed by atoms with Gasteiger partial charge in [0.2, 0.25) is 0 Å². The zero-order chi connectivity index (χ0) is 13.7. The van der Waals surface area contributed by atoms with E-state index in [2.05, 4.69) is 4.98 Å². The van der Waals surface area contributed by atoms with Gasteiger partial charge >= 0.3 is 0 Å². The van der Waals surface area contributed by atoms with Gasteiger partial charge in [-0.3, -0.25) is 9.78 Å². The fourth-order valence-corrected chi connectivity index (χ4v) is 3.26. The molecule has 2 heterocycles. The van der Waals surface area contributed by atoms with E-state index in [1.54, 1.807) is 18.5 Å². The lowest BCUT2D eigenvalue weighted by Crippen LogP contribution is -2.31. The van der Waals surface area contributed by atoms with Crippen molar-refractivity contribution in [2.45, 2.75) is 24.5 Å². The van der Waals surface area contributed by atoms with Gasteiger partial charge in [-0.05, 0) is 54.3 Å². The Morgan fingerprint density at radius 2 is 2.05 bits per heavy atom. The number of pyridine rings is 1. The number of rotatable bonds is 1. The molecule has 3 nitrogen and oxygen atoms in total. The summed E-state index contributed by atoms with van der Waals surface area (Å²) in [5, 5.41) is 0.676. The second-order valence-electron chi connectivity index (χ2n) is 5.30. The molecule has 0 N–H and O–H groups in total. The third kappa shape index (κ3) is 1.63. The van der Waals surface area contributed by atoms with Crippen LogP contribution in [-0.2, 0) is 11.2 Å². The fraction of sp³-hybridized carbons (Fsp3) is 0.250. The van der Waals surface area contributed by atoms with Gasteiger partial charge in [-0.2, -0.15) is 0 Å². The Hall–Kier alpha value is -1.71. The third-order valence-corrected chi connectivity index (χ3v) is 4.40. The lowest BCUT2D eigenvalue weighted by molar-refractivity contribution is 0.0850. The molecule has 4 heteroatoms. The highest BCUT2D eigenvalue weighted by Gasteiger charge is 2.63. The van der Waals surface area contributed by atoms with Crippen molar-refractivity contribution in [1.82, 2.24) is 4.98 Å². The number of carbonyl (C=O) groups is 1. The first-order valence-electron chi connectivity index (χ1n) is 6.62. The summed E-state index contributed by atoms with van der Waals surface area (Å²) in [5.41, 5.74) is 2.13. The lowest BCUT2D eigenvalue weighted by Gasteiger charge is -2.21. The van der Waals surface area contributed by atoms with Crippen LogP contribution in [0.1, 0.15) is 34.0 Å². The van der Waals surface area contributed by atoms with E-state index in [9.17, 15) is 4.79 Å². The van der Waals surface area contributed by atoms with Crippen LogP contribution < -0.4 is 0 Å². The highest BCUT2D eigenvalue weighted by Crippen LogP contribution is 2.56. The first kappa shape index (κ1) is 12.1. The van der Waals surface area contributed by atoms with Crippen LogP contribution in [0.25, 0.3) is 0 Å². The number of fused-ring (bicyclic) bond motifs is 1. The number of ether oxygens (including phenoxy) is 1. The summed E-state index contributed by atoms with van der Waals surface area (Å²) in [5.74, 6) is 0.0808. The maximum atomic E-state index is 12.7. The molecule has 20 heavy (non-hydrogen) atoms. The van der Waals surface area contributed by atoms with Gasteiger partial charge in [0.25, 0.3) is 0 Å².